The molecule has 0 bridgehead atoms. The molecule has 18 heavy (non-hydrogen) atoms. The van der Waals surface area contributed by atoms with E-state index in [4.69, 9.17) is 4.74 Å². The second kappa shape index (κ2) is 8.56. The Bertz CT molecular complexity index is 361. The van der Waals surface area contributed by atoms with Gasteiger partial charge in [0, 0.05) is 16.9 Å². The van der Waals surface area contributed by atoms with Gasteiger partial charge in [0.2, 0.25) is 0 Å². The summed E-state index contributed by atoms with van der Waals surface area (Å²) in [5.41, 5.74) is 0. The minimum Gasteiger partial charge on any atom is -0.491 e. The fraction of sp³-hybridized carbons (Fsp3) is 0.538. The fourth-order valence-corrected chi connectivity index (χ4v) is 3.96. The lowest BCUT2D eigenvalue weighted by molar-refractivity contribution is 0.253. The lowest BCUT2D eigenvalue weighted by atomic mass is 10.2. The van der Waals surface area contributed by atoms with Crippen LogP contribution in [0.15, 0.2) is 25.6 Å². The van der Waals surface area contributed by atoms with Crippen LogP contribution < -0.4 is 10.1 Å². The van der Waals surface area contributed by atoms with E-state index in [-0.39, 0.29) is 0 Å². The summed E-state index contributed by atoms with van der Waals surface area (Å²) in [4.78, 5) is 0. The maximum atomic E-state index is 5.86. The highest BCUT2D eigenvalue weighted by Crippen LogP contribution is 2.36. The van der Waals surface area contributed by atoms with Crippen LogP contribution in [0.25, 0.3) is 0 Å². The minimum atomic E-state index is 0.485. The van der Waals surface area contributed by atoms with Gasteiger partial charge in [-0.15, -0.1) is 0 Å². The first-order valence-corrected chi connectivity index (χ1v) is 8.40. The SMILES string of the molecule is CCCNCC(C)COc1c(Br)cc(Br)cc1Br. The Kier molecular flexibility index (Phi) is 7.84. The predicted octanol–water partition coefficient (Wildman–Crippen LogP) is 4.99. The van der Waals surface area contributed by atoms with E-state index in [0.717, 1.165) is 38.7 Å². The van der Waals surface area contributed by atoms with Crippen molar-refractivity contribution in [2.45, 2.75) is 20.3 Å². The fourth-order valence-electron chi connectivity index (χ4n) is 1.48. The third-order valence-corrected chi connectivity index (χ3v) is 4.03. The van der Waals surface area contributed by atoms with Gasteiger partial charge in [-0.1, -0.05) is 29.8 Å². The van der Waals surface area contributed by atoms with E-state index in [1.807, 2.05) is 12.1 Å². The lowest BCUT2D eigenvalue weighted by Gasteiger charge is -2.16. The Morgan fingerprint density at radius 1 is 1.22 bits per heavy atom. The molecule has 0 saturated carbocycles. The quantitative estimate of drug-likeness (QED) is 0.599. The Labute approximate surface area is 134 Å². The summed E-state index contributed by atoms with van der Waals surface area (Å²) in [6.07, 6.45) is 1.16. The molecule has 1 aromatic carbocycles. The molecule has 0 fully saturated rings. The normalized spacial score (nSPS) is 12.5. The molecule has 0 amide bonds. The molecule has 1 unspecified atom stereocenters. The number of nitrogens with one attached hydrogen (secondary N) is 1. The highest BCUT2D eigenvalue weighted by Gasteiger charge is 2.10. The van der Waals surface area contributed by atoms with E-state index in [1.54, 1.807) is 0 Å². The van der Waals surface area contributed by atoms with Gasteiger partial charge in [0.1, 0.15) is 5.75 Å². The third kappa shape index (κ3) is 5.59. The largest absolute Gasteiger partial charge is 0.491 e. The Morgan fingerprint density at radius 3 is 2.39 bits per heavy atom. The molecule has 0 aliphatic heterocycles. The molecule has 1 N–H and O–H groups in total. The van der Waals surface area contributed by atoms with Gasteiger partial charge in [-0.2, -0.15) is 0 Å². The van der Waals surface area contributed by atoms with Crippen molar-refractivity contribution in [3.8, 4) is 5.75 Å². The van der Waals surface area contributed by atoms with Crippen LogP contribution in [0.3, 0.4) is 0 Å². The number of ether oxygens (including phenoxy) is 1. The zero-order valence-electron chi connectivity index (χ0n) is 10.6. The molecule has 0 aliphatic rings. The zero-order valence-corrected chi connectivity index (χ0v) is 15.4. The highest BCUT2D eigenvalue weighted by molar-refractivity contribution is 9.11. The summed E-state index contributed by atoms with van der Waals surface area (Å²) in [6.45, 7) is 7.11. The van der Waals surface area contributed by atoms with Crippen LogP contribution in [0.2, 0.25) is 0 Å². The maximum absolute atomic E-state index is 5.86. The van der Waals surface area contributed by atoms with Gasteiger partial charge in [-0.3, -0.25) is 0 Å². The van der Waals surface area contributed by atoms with E-state index in [2.05, 4.69) is 67.0 Å². The molecule has 0 aliphatic carbocycles. The van der Waals surface area contributed by atoms with E-state index < -0.39 is 0 Å². The molecule has 0 radical (unpaired) electrons. The smallest absolute Gasteiger partial charge is 0.147 e. The van der Waals surface area contributed by atoms with Crippen LogP contribution in [0, 0.1) is 5.92 Å². The van der Waals surface area contributed by atoms with Crippen molar-refractivity contribution in [1.82, 2.24) is 5.32 Å². The summed E-state index contributed by atoms with van der Waals surface area (Å²) < 4.78 is 8.79. The molecule has 102 valence electrons. The van der Waals surface area contributed by atoms with Crippen LogP contribution in [-0.4, -0.2) is 19.7 Å². The van der Waals surface area contributed by atoms with Crippen LogP contribution in [0.1, 0.15) is 20.3 Å². The van der Waals surface area contributed by atoms with Crippen molar-refractivity contribution in [3.05, 3.63) is 25.6 Å². The summed E-state index contributed by atoms with van der Waals surface area (Å²) >= 11 is 10.5. The van der Waals surface area contributed by atoms with Crippen molar-refractivity contribution >= 4 is 47.8 Å². The summed E-state index contributed by atoms with van der Waals surface area (Å²) in [6, 6.07) is 3.97. The molecule has 1 rings (SSSR count). The Balaban J connectivity index is 2.48. The molecule has 0 spiro atoms. The highest BCUT2D eigenvalue weighted by atomic mass is 79.9. The number of benzene rings is 1. The van der Waals surface area contributed by atoms with Crippen molar-refractivity contribution < 1.29 is 4.74 Å². The number of rotatable bonds is 7. The van der Waals surface area contributed by atoms with E-state index in [1.165, 1.54) is 0 Å². The number of hydrogen-bond acceptors (Lipinski definition) is 2. The van der Waals surface area contributed by atoms with Crippen LogP contribution in [0.5, 0.6) is 5.75 Å². The average Bonchev–Trinajstić information content (AvgIpc) is 2.27. The summed E-state index contributed by atoms with van der Waals surface area (Å²) in [5.74, 6) is 1.35. The van der Waals surface area contributed by atoms with Crippen molar-refractivity contribution in [3.63, 3.8) is 0 Å². The van der Waals surface area contributed by atoms with Crippen molar-refractivity contribution in [2.75, 3.05) is 19.7 Å². The minimum absolute atomic E-state index is 0.485. The molecule has 1 atom stereocenters. The second-order valence-electron chi connectivity index (χ2n) is 4.32. The molecule has 5 heteroatoms. The predicted molar refractivity (Wildman–Crippen MR) is 87.4 cm³/mol. The molecular weight excluding hydrogens is 426 g/mol. The van der Waals surface area contributed by atoms with E-state index >= 15 is 0 Å². The molecule has 0 heterocycles. The van der Waals surface area contributed by atoms with Crippen LogP contribution in [0.4, 0.5) is 0 Å². The number of hydrogen-bond donors (Lipinski definition) is 1. The van der Waals surface area contributed by atoms with Gasteiger partial charge in [0.15, 0.2) is 0 Å². The standard InChI is InChI=1S/C13H18Br3NO/c1-3-4-17-7-9(2)8-18-13-11(15)5-10(14)6-12(13)16/h5-6,9,17H,3-4,7-8H2,1-2H3. The molecule has 1 aromatic rings. The molecular formula is C13H18Br3NO. The number of halogens is 3. The van der Waals surface area contributed by atoms with Crippen molar-refractivity contribution in [2.24, 2.45) is 5.92 Å². The van der Waals surface area contributed by atoms with Crippen LogP contribution >= 0.6 is 47.8 Å². The second-order valence-corrected chi connectivity index (χ2v) is 6.94. The summed E-state index contributed by atoms with van der Waals surface area (Å²) in [5, 5.41) is 3.40. The third-order valence-electron chi connectivity index (χ3n) is 2.39. The summed E-state index contributed by atoms with van der Waals surface area (Å²) in [7, 11) is 0. The zero-order chi connectivity index (χ0) is 13.5. The molecule has 0 aromatic heterocycles. The molecule has 0 saturated heterocycles. The van der Waals surface area contributed by atoms with Gasteiger partial charge in [0.05, 0.1) is 15.6 Å². The first-order chi connectivity index (χ1) is 8.54. The topological polar surface area (TPSA) is 21.3 Å². The first kappa shape index (κ1) is 16.5. The van der Waals surface area contributed by atoms with Gasteiger partial charge < -0.3 is 10.1 Å². The average molecular weight is 444 g/mol. The maximum Gasteiger partial charge on any atom is 0.147 e. The van der Waals surface area contributed by atoms with Gasteiger partial charge >= 0.3 is 0 Å². The Morgan fingerprint density at radius 2 is 1.83 bits per heavy atom. The molecule has 2 nitrogen and oxygen atoms in total. The van der Waals surface area contributed by atoms with E-state index in [0.29, 0.717) is 12.5 Å². The Hall–Kier alpha value is 0.420. The monoisotopic (exact) mass is 441 g/mol. The first-order valence-electron chi connectivity index (χ1n) is 6.02. The van der Waals surface area contributed by atoms with Gasteiger partial charge in [-0.25, -0.2) is 0 Å². The van der Waals surface area contributed by atoms with E-state index in [9.17, 15) is 0 Å². The van der Waals surface area contributed by atoms with Gasteiger partial charge in [0.25, 0.3) is 0 Å². The van der Waals surface area contributed by atoms with Crippen molar-refractivity contribution in [1.29, 1.82) is 0 Å². The van der Waals surface area contributed by atoms with Gasteiger partial charge in [-0.05, 0) is 57.0 Å². The van der Waals surface area contributed by atoms with Crippen LogP contribution in [-0.2, 0) is 0 Å². The lowest BCUT2D eigenvalue weighted by Crippen LogP contribution is -2.25.